The van der Waals surface area contributed by atoms with Crippen molar-refractivity contribution in [1.29, 1.82) is 0 Å². The van der Waals surface area contributed by atoms with E-state index in [0.717, 1.165) is 22.4 Å². The number of esters is 1. The van der Waals surface area contributed by atoms with Crippen molar-refractivity contribution >= 4 is 22.8 Å². The topological polar surface area (TPSA) is 77.5 Å². The van der Waals surface area contributed by atoms with Crippen molar-refractivity contribution in [2.45, 2.75) is 6.04 Å². The first-order valence-corrected chi connectivity index (χ1v) is 12.2. The van der Waals surface area contributed by atoms with Gasteiger partial charge in [0.1, 0.15) is 5.75 Å². The molecule has 0 bridgehead atoms. The van der Waals surface area contributed by atoms with Gasteiger partial charge in [0.25, 0.3) is 5.91 Å². The summed E-state index contributed by atoms with van der Waals surface area (Å²) in [7, 11) is 1.61. The second kappa shape index (κ2) is 11.4. The third-order valence-corrected chi connectivity index (χ3v) is 6.23. The molecule has 0 spiro atoms. The van der Waals surface area contributed by atoms with Crippen LogP contribution in [0.2, 0.25) is 0 Å². The van der Waals surface area contributed by atoms with Gasteiger partial charge in [-0.15, -0.1) is 0 Å². The lowest BCUT2D eigenvalue weighted by molar-refractivity contribution is -0.124. The van der Waals surface area contributed by atoms with Crippen LogP contribution >= 0.6 is 0 Å². The normalized spacial score (nSPS) is 10.8. The Bertz CT molecular complexity index is 1510. The van der Waals surface area contributed by atoms with Crippen molar-refractivity contribution in [3.05, 3.63) is 132 Å². The predicted molar refractivity (Wildman–Crippen MR) is 147 cm³/mol. The maximum atomic E-state index is 13.2. The van der Waals surface area contributed by atoms with Crippen molar-refractivity contribution in [1.82, 2.24) is 10.3 Å². The fourth-order valence-electron chi connectivity index (χ4n) is 4.32. The summed E-state index contributed by atoms with van der Waals surface area (Å²) in [6.45, 7) is -0.413. The van der Waals surface area contributed by atoms with Gasteiger partial charge in [0.2, 0.25) is 0 Å². The average molecular weight is 503 g/mol. The van der Waals surface area contributed by atoms with Gasteiger partial charge in [-0.3, -0.25) is 4.79 Å². The minimum absolute atomic E-state index is 0.344. The van der Waals surface area contributed by atoms with E-state index in [-0.39, 0.29) is 6.04 Å². The Morgan fingerprint density at radius 2 is 1.39 bits per heavy atom. The number of carbonyl (C=O) groups is 2. The molecule has 0 unspecified atom stereocenters. The maximum absolute atomic E-state index is 13.2. The Morgan fingerprint density at radius 3 is 2.03 bits per heavy atom. The van der Waals surface area contributed by atoms with Crippen LogP contribution in [-0.2, 0) is 9.53 Å². The molecule has 0 aliphatic carbocycles. The lowest BCUT2D eigenvalue weighted by Crippen LogP contribution is -2.33. The van der Waals surface area contributed by atoms with E-state index >= 15 is 0 Å². The van der Waals surface area contributed by atoms with Gasteiger partial charge in [-0.25, -0.2) is 9.78 Å². The molecule has 1 aromatic heterocycles. The van der Waals surface area contributed by atoms with Gasteiger partial charge in [0.05, 0.1) is 29.9 Å². The van der Waals surface area contributed by atoms with Gasteiger partial charge in [-0.2, -0.15) is 0 Å². The van der Waals surface area contributed by atoms with E-state index < -0.39 is 18.5 Å². The quantitative estimate of drug-likeness (QED) is 0.265. The molecular formula is C32H26N2O4. The summed E-state index contributed by atoms with van der Waals surface area (Å²) in [4.78, 5) is 30.9. The van der Waals surface area contributed by atoms with Crippen LogP contribution in [0.1, 0.15) is 27.5 Å². The zero-order chi connectivity index (χ0) is 26.3. The first kappa shape index (κ1) is 24.7. The number of benzene rings is 4. The largest absolute Gasteiger partial charge is 0.497 e. The summed E-state index contributed by atoms with van der Waals surface area (Å²) in [5, 5.41) is 3.66. The number of para-hydroxylation sites is 1. The second-order valence-electron chi connectivity index (χ2n) is 8.70. The number of pyridine rings is 1. The third-order valence-electron chi connectivity index (χ3n) is 6.23. The minimum Gasteiger partial charge on any atom is -0.497 e. The number of nitrogens with zero attached hydrogens (tertiary/aromatic N) is 1. The second-order valence-corrected chi connectivity index (χ2v) is 8.70. The summed E-state index contributed by atoms with van der Waals surface area (Å²) in [5.41, 5.74) is 4.32. The number of amides is 1. The lowest BCUT2D eigenvalue weighted by atomic mass is 9.99. The number of aromatic nitrogens is 1. The fraction of sp³-hybridized carbons (Fsp3) is 0.0938. The molecule has 0 fully saturated rings. The highest BCUT2D eigenvalue weighted by Crippen LogP contribution is 2.27. The molecule has 0 saturated carbocycles. The third kappa shape index (κ3) is 5.55. The maximum Gasteiger partial charge on any atom is 0.339 e. The van der Waals surface area contributed by atoms with Crippen LogP contribution in [0.5, 0.6) is 5.75 Å². The molecule has 4 aromatic carbocycles. The first-order valence-electron chi connectivity index (χ1n) is 12.2. The van der Waals surface area contributed by atoms with Crippen LogP contribution in [0.3, 0.4) is 0 Å². The van der Waals surface area contributed by atoms with Crippen molar-refractivity contribution < 1.29 is 19.1 Å². The Labute approximate surface area is 220 Å². The van der Waals surface area contributed by atoms with E-state index in [9.17, 15) is 9.59 Å². The lowest BCUT2D eigenvalue weighted by Gasteiger charge is -2.20. The zero-order valence-electron chi connectivity index (χ0n) is 20.8. The van der Waals surface area contributed by atoms with Crippen molar-refractivity contribution in [3.8, 4) is 17.0 Å². The number of ether oxygens (including phenoxy) is 2. The first-order chi connectivity index (χ1) is 18.6. The molecule has 5 aromatic rings. The highest BCUT2D eigenvalue weighted by molar-refractivity contribution is 6.05. The molecule has 0 radical (unpaired) electrons. The molecule has 1 heterocycles. The summed E-state index contributed by atoms with van der Waals surface area (Å²) in [5.74, 6) is -0.265. The molecule has 0 atom stereocenters. The molecule has 6 nitrogen and oxygen atoms in total. The Morgan fingerprint density at radius 1 is 0.789 bits per heavy atom. The van der Waals surface area contributed by atoms with Crippen LogP contribution in [0.4, 0.5) is 0 Å². The average Bonchev–Trinajstić information content (AvgIpc) is 2.99. The Hall–Kier alpha value is -4.97. The van der Waals surface area contributed by atoms with E-state index in [1.165, 1.54) is 0 Å². The van der Waals surface area contributed by atoms with Crippen LogP contribution in [0, 0.1) is 0 Å². The summed E-state index contributed by atoms with van der Waals surface area (Å²) in [6.07, 6.45) is 0. The molecule has 0 saturated heterocycles. The van der Waals surface area contributed by atoms with Crippen molar-refractivity contribution in [3.63, 3.8) is 0 Å². The molecule has 1 N–H and O–H groups in total. The van der Waals surface area contributed by atoms with E-state index in [2.05, 4.69) is 5.32 Å². The molecule has 0 aliphatic heterocycles. The number of methoxy groups -OCH3 is 1. The van der Waals surface area contributed by atoms with Crippen LogP contribution in [0.15, 0.2) is 115 Å². The van der Waals surface area contributed by atoms with Crippen LogP contribution in [-0.4, -0.2) is 30.6 Å². The number of rotatable bonds is 8. The molecule has 38 heavy (non-hydrogen) atoms. The molecule has 5 rings (SSSR count). The predicted octanol–water partition coefficient (Wildman–Crippen LogP) is 5.97. The molecule has 1 amide bonds. The highest BCUT2D eigenvalue weighted by atomic mass is 16.5. The van der Waals surface area contributed by atoms with E-state index in [1.807, 2.05) is 109 Å². The number of nitrogens with one attached hydrogen (secondary N) is 1. The summed E-state index contributed by atoms with van der Waals surface area (Å²) >= 11 is 0. The van der Waals surface area contributed by atoms with E-state index in [1.54, 1.807) is 13.2 Å². The standard InChI is InChI=1S/C32H26N2O4/c1-37-25-18-16-22(17-19-25)29-20-27(26-14-8-9-15-28(26)33-29)32(36)38-21-30(35)34-31(23-10-4-2-5-11-23)24-12-6-3-7-13-24/h2-20,31H,21H2,1H3,(H,34,35). The van der Waals surface area contributed by atoms with Crippen LogP contribution in [0.25, 0.3) is 22.2 Å². The van der Waals surface area contributed by atoms with Gasteiger partial charge in [0.15, 0.2) is 6.61 Å². The fourth-order valence-corrected chi connectivity index (χ4v) is 4.32. The van der Waals surface area contributed by atoms with Crippen molar-refractivity contribution in [2.75, 3.05) is 13.7 Å². The van der Waals surface area contributed by atoms with E-state index in [0.29, 0.717) is 22.2 Å². The van der Waals surface area contributed by atoms with Crippen molar-refractivity contribution in [2.24, 2.45) is 0 Å². The smallest absolute Gasteiger partial charge is 0.339 e. The molecular weight excluding hydrogens is 476 g/mol. The Kier molecular flexibility index (Phi) is 7.41. The number of hydrogen-bond acceptors (Lipinski definition) is 5. The zero-order valence-corrected chi connectivity index (χ0v) is 20.8. The van der Waals surface area contributed by atoms with Gasteiger partial charge in [-0.05, 0) is 47.5 Å². The SMILES string of the molecule is COc1ccc(-c2cc(C(=O)OCC(=O)NC(c3ccccc3)c3ccccc3)c3ccccc3n2)cc1. The molecule has 188 valence electrons. The molecule has 0 aliphatic rings. The van der Waals surface area contributed by atoms with Gasteiger partial charge in [0, 0.05) is 10.9 Å². The highest BCUT2D eigenvalue weighted by Gasteiger charge is 2.20. The summed E-state index contributed by atoms with van der Waals surface area (Å²) in [6, 6.07) is 35.5. The number of hydrogen-bond donors (Lipinski definition) is 1. The van der Waals surface area contributed by atoms with Crippen LogP contribution < -0.4 is 10.1 Å². The summed E-state index contributed by atoms with van der Waals surface area (Å²) < 4.78 is 10.7. The van der Waals surface area contributed by atoms with Gasteiger partial charge < -0.3 is 14.8 Å². The Balaban J connectivity index is 1.36. The van der Waals surface area contributed by atoms with E-state index in [4.69, 9.17) is 14.5 Å². The number of fused-ring (bicyclic) bond motifs is 1. The van der Waals surface area contributed by atoms with Gasteiger partial charge in [-0.1, -0.05) is 78.9 Å². The molecule has 6 heteroatoms. The monoisotopic (exact) mass is 502 g/mol. The number of carbonyl (C=O) groups excluding carboxylic acids is 2. The minimum atomic E-state index is -0.593. The van der Waals surface area contributed by atoms with Gasteiger partial charge >= 0.3 is 5.97 Å².